The van der Waals surface area contributed by atoms with Gasteiger partial charge in [-0.3, -0.25) is 4.79 Å². The first kappa shape index (κ1) is 16.1. The van der Waals surface area contributed by atoms with Gasteiger partial charge in [-0.25, -0.2) is 4.98 Å². The van der Waals surface area contributed by atoms with Crippen molar-refractivity contribution in [3.63, 3.8) is 0 Å². The first-order valence-electron chi connectivity index (χ1n) is 7.60. The number of rotatable bonds is 8. The number of nitrogens with one attached hydrogen (secondary N) is 1. The summed E-state index contributed by atoms with van der Waals surface area (Å²) in [7, 11) is 1.64. The molecule has 0 radical (unpaired) electrons. The Morgan fingerprint density at radius 2 is 2.14 bits per heavy atom. The number of aromatic nitrogens is 2. The number of methoxy groups -OCH3 is 1. The van der Waals surface area contributed by atoms with Gasteiger partial charge in [0.05, 0.1) is 13.4 Å². The average Bonchev–Trinajstić information content (AvgIpc) is 3.07. The van der Waals surface area contributed by atoms with E-state index in [0.29, 0.717) is 13.0 Å². The quantitative estimate of drug-likeness (QED) is 0.815. The molecule has 0 saturated carbocycles. The molecule has 2 aromatic rings. The lowest BCUT2D eigenvalue weighted by Crippen LogP contribution is -2.26. The molecule has 5 heteroatoms. The van der Waals surface area contributed by atoms with Crippen molar-refractivity contribution >= 4 is 5.91 Å². The Morgan fingerprint density at radius 3 is 2.73 bits per heavy atom. The molecule has 1 aromatic carbocycles. The van der Waals surface area contributed by atoms with E-state index in [1.165, 1.54) is 0 Å². The third-order valence-electron chi connectivity index (χ3n) is 3.64. The van der Waals surface area contributed by atoms with Gasteiger partial charge in [0, 0.05) is 31.4 Å². The summed E-state index contributed by atoms with van der Waals surface area (Å²) in [6.07, 6.45) is 7.91. The van der Waals surface area contributed by atoms with Crippen molar-refractivity contribution in [1.82, 2.24) is 14.9 Å². The molecule has 0 aliphatic heterocycles. The highest BCUT2D eigenvalue weighted by atomic mass is 16.5. The van der Waals surface area contributed by atoms with Crippen LogP contribution in [-0.2, 0) is 11.3 Å². The van der Waals surface area contributed by atoms with Crippen molar-refractivity contribution in [2.45, 2.75) is 38.8 Å². The summed E-state index contributed by atoms with van der Waals surface area (Å²) >= 11 is 0. The third kappa shape index (κ3) is 4.62. The van der Waals surface area contributed by atoms with Crippen LogP contribution in [0.3, 0.4) is 0 Å². The molecule has 1 atom stereocenters. The molecule has 0 aliphatic carbocycles. The van der Waals surface area contributed by atoms with E-state index in [-0.39, 0.29) is 11.9 Å². The molecule has 5 nitrogen and oxygen atoms in total. The highest BCUT2D eigenvalue weighted by molar-refractivity contribution is 5.76. The largest absolute Gasteiger partial charge is 0.497 e. The Kier molecular flexibility index (Phi) is 6.01. The van der Waals surface area contributed by atoms with Crippen molar-refractivity contribution in [2.24, 2.45) is 0 Å². The van der Waals surface area contributed by atoms with Crippen LogP contribution in [0.25, 0.3) is 0 Å². The van der Waals surface area contributed by atoms with E-state index >= 15 is 0 Å². The molecule has 22 heavy (non-hydrogen) atoms. The van der Waals surface area contributed by atoms with Crippen LogP contribution in [0.5, 0.6) is 5.75 Å². The van der Waals surface area contributed by atoms with Gasteiger partial charge < -0.3 is 14.6 Å². The number of carbonyl (C=O) groups excluding carboxylic acids is 1. The van der Waals surface area contributed by atoms with E-state index in [9.17, 15) is 4.79 Å². The minimum atomic E-state index is 0.0583. The maximum Gasteiger partial charge on any atom is 0.222 e. The van der Waals surface area contributed by atoms with Gasteiger partial charge in [-0.05, 0) is 24.1 Å². The molecule has 118 valence electrons. The van der Waals surface area contributed by atoms with E-state index in [0.717, 1.165) is 24.2 Å². The minimum Gasteiger partial charge on any atom is -0.497 e. The molecule has 0 fully saturated rings. The first-order chi connectivity index (χ1) is 10.7. The molecular formula is C17H23N3O2. The Labute approximate surface area is 131 Å². The topological polar surface area (TPSA) is 56.1 Å². The lowest BCUT2D eigenvalue weighted by molar-refractivity contribution is -0.122. The Morgan fingerprint density at radius 1 is 1.36 bits per heavy atom. The summed E-state index contributed by atoms with van der Waals surface area (Å²) in [5.41, 5.74) is 1.06. The Balaban J connectivity index is 1.85. The highest BCUT2D eigenvalue weighted by Crippen LogP contribution is 2.17. The average molecular weight is 301 g/mol. The van der Waals surface area contributed by atoms with Gasteiger partial charge in [0.1, 0.15) is 5.75 Å². The summed E-state index contributed by atoms with van der Waals surface area (Å²) in [5, 5.41) is 2.97. The van der Waals surface area contributed by atoms with Crippen LogP contribution in [0.4, 0.5) is 0 Å². The van der Waals surface area contributed by atoms with Crippen molar-refractivity contribution < 1.29 is 9.53 Å². The predicted octanol–water partition coefficient (Wildman–Crippen LogP) is 2.94. The lowest BCUT2D eigenvalue weighted by atomic mass is 10.1. The molecule has 1 heterocycles. The summed E-state index contributed by atoms with van der Waals surface area (Å²) in [4.78, 5) is 16.2. The van der Waals surface area contributed by atoms with Crippen LogP contribution in [0.1, 0.15) is 37.8 Å². The number of imidazole rings is 1. The molecule has 0 bridgehead atoms. The van der Waals surface area contributed by atoms with Gasteiger partial charge in [-0.2, -0.15) is 0 Å². The second-order valence-corrected chi connectivity index (χ2v) is 5.28. The van der Waals surface area contributed by atoms with E-state index < -0.39 is 0 Å². The van der Waals surface area contributed by atoms with Crippen LogP contribution >= 0.6 is 0 Å². The summed E-state index contributed by atoms with van der Waals surface area (Å²) in [6.45, 7) is 2.66. The number of ether oxygens (including phenoxy) is 1. The first-order valence-corrected chi connectivity index (χ1v) is 7.60. The minimum absolute atomic E-state index is 0.0583. The second kappa shape index (κ2) is 8.22. The molecule has 0 aliphatic rings. The Bertz CT molecular complexity index is 564. The summed E-state index contributed by atoms with van der Waals surface area (Å²) in [6, 6.07) is 7.87. The maximum absolute atomic E-state index is 12.2. The molecule has 1 amide bonds. The number of hydrogen-bond acceptors (Lipinski definition) is 3. The third-order valence-corrected chi connectivity index (χ3v) is 3.64. The van der Waals surface area contributed by atoms with Crippen molar-refractivity contribution in [1.29, 1.82) is 0 Å². The molecule has 0 saturated heterocycles. The summed E-state index contributed by atoms with van der Waals surface area (Å²) < 4.78 is 7.13. The number of amides is 1. The zero-order valence-corrected chi connectivity index (χ0v) is 13.2. The summed E-state index contributed by atoms with van der Waals surface area (Å²) in [5.74, 6) is 0.876. The normalized spacial score (nSPS) is 11.9. The number of carbonyl (C=O) groups is 1. The number of nitrogens with zero attached hydrogens (tertiary/aromatic N) is 2. The van der Waals surface area contributed by atoms with E-state index in [2.05, 4.69) is 17.2 Å². The van der Waals surface area contributed by atoms with Gasteiger partial charge in [-0.15, -0.1) is 0 Å². The molecule has 1 aromatic heterocycles. The Hall–Kier alpha value is -2.30. The standard InChI is InChI=1S/C17H23N3O2/c1-3-4-15(20-10-9-18-13-20)11-17(21)19-12-14-5-7-16(22-2)8-6-14/h5-10,13,15H,3-4,11-12H2,1-2H3,(H,19,21). The predicted molar refractivity (Wildman–Crippen MR) is 85.6 cm³/mol. The van der Waals surface area contributed by atoms with Crippen LogP contribution in [0.15, 0.2) is 43.0 Å². The van der Waals surface area contributed by atoms with Crippen LogP contribution in [0, 0.1) is 0 Å². The fourth-order valence-corrected chi connectivity index (χ4v) is 2.41. The lowest BCUT2D eigenvalue weighted by Gasteiger charge is -2.17. The SMILES string of the molecule is CCCC(CC(=O)NCc1ccc(OC)cc1)n1ccnc1. The van der Waals surface area contributed by atoms with Gasteiger partial charge in [-0.1, -0.05) is 25.5 Å². The van der Waals surface area contributed by atoms with Gasteiger partial charge >= 0.3 is 0 Å². The van der Waals surface area contributed by atoms with Crippen LogP contribution < -0.4 is 10.1 Å². The van der Waals surface area contributed by atoms with E-state index in [1.807, 2.05) is 35.0 Å². The molecular weight excluding hydrogens is 278 g/mol. The maximum atomic E-state index is 12.2. The highest BCUT2D eigenvalue weighted by Gasteiger charge is 2.14. The fraction of sp³-hybridized carbons (Fsp3) is 0.412. The van der Waals surface area contributed by atoms with Gasteiger partial charge in [0.2, 0.25) is 5.91 Å². The second-order valence-electron chi connectivity index (χ2n) is 5.28. The van der Waals surface area contributed by atoms with Crippen molar-refractivity contribution in [3.05, 3.63) is 48.5 Å². The van der Waals surface area contributed by atoms with Crippen LogP contribution in [-0.4, -0.2) is 22.6 Å². The van der Waals surface area contributed by atoms with Crippen molar-refractivity contribution in [2.75, 3.05) is 7.11 Å². The molecule has 1 N–H and O–H groups in total. The number of hydrogen-bond donors (Lipinski definition) is 1. The van der Waals surface area contributed by atoms with E-state index in [4.69, 9.17) is 4.74 Å². The van der Waals surface area contributed by atoms with Crippen molar-refractivity contribution in [3.8, 4) is 5.75 Å². The van der Waals surface area contributed by atoms with Crippen LogP contribution in [0.2, 0.25) is 0 Å². The van der Waals surface area contributed by atoms with E-state index in [1.54, 1.807) is 19.6 Å². The zero-order valence-electron chi connectivity index (χ0n) is 13.2. The molecule has 0 spiro atoms. The smallest absolute Gasteiger partial charge is 0.222 e. The molecule has 1 unspecified atom stereocenters. The monoisotopic (exact) mass is 301 g/mol. The number of benzene rings is 1. The van der Waals surface area contributed by atoms with Gasteiger partial charge in [0.15, 0.2) is 0 Å². The zero-order chi connectivity index (χ0) is 15.8. The fourth-order valence-electron chi connectivity index (χ4n) is 2.41. The van der Waals surface area contributed by atoms with Gasteiger partial charge in [0.25, 0.3) is 0 Å². The molecule has 2 rings (SSSR count).